The highest BCUT2D eigenvalue weighted by atomic mass is 19.3. The molecular formula is C19H14F3N5O2. The van der Waals surface area contributed by atoms with Crippen LogP contribution in [0, 0.1) is 5.82 Å². The maximum atomic E-state index is 15.0. The van der Waals surface area contributed by atoms with Gasteiger partial charge < -0.3 is 10.2 Å². The zero-order valence-electron chi connectivity index (χ0n) is 15.0. The molecule has 3 heterocycles. The number of aromatic nitrogens is 2. The standard InChI is InChI=1S/C19H14F3N5O2/c1-27-17(28)19(26-18(27)23,11-4-5-24-14(7-11)16(21)22)12-6-10(2-3-13(12)20)15-8-29-9-25-15/h2-9,16H,1H3,(H2,23,26). The Kier molecular flexibility index (Phi) is 4.33. The van der Waals surface area contributed by atoms with Crippen LogP contribution in [0.15, 0.2) is 58.6 Å². The van der Waals surface area contributed by atoms with Crippen molar-refractivity contribution in [3.8, 4) is 11.3 Å². The first-order valence-electron chi connectivity index (χ1n) is 8.41. The van der Waals surface area contributed by atoms with Crippen LogP contribution in [0.3, 0.4) is 0 Å². The number of alkyl halides is 2. The summed E-state index contributed by atoms with van der Waals surface area (Å²) in [5.41, 5.74) is 4.03. The Morgan fingerprint density at radius 3 is 2.62 bits per heavy atom. The molecule has 3 aromatic rings. The van der Waals surface area contributed by atoms with Gasteiger partial charge in [0.05, 0.1) is 0 Å². The van der Waals surface area contributed by atoms with Gasteiger partial charge in [-0.05, 0) is 35.9 Å². The molecule has 10 heteroatoms. The van der Waals surface area contributed by atoms with Gasteiger partial charge in [0.15, 0.2) is 17.9 Å². The molecule has 4 rings (SSSR count). The van der Waals surface area contributed by atoms with Crippen molar-refractivity contribution >= 4 is 11.9 Å². The first-order valence-corrected chi connectivity index (χ1v) is 8.41. The van der Waals surface area contributed by atoms with Gasteiger partial charge in [-0.25, -0.2) is 23.1 Å². The van der Waals surface area contributed by atoms with E-state index in [0.29, 0.717) is 11.3 Å². The number of oxazole rings is 1. The first kappa shape index (κ1) is 18.7. The van der Waals surface area contributed by atoms with Crippen LogP contribution < -0.4 is 5.73 Å². The minimum atomic E-state index is -2.88. The van der Waals surface area contributed by atoms with Crippen LogP contribution in [-0.4, -0.2) is 33.8 Å². The molecule has 1 aromatic carbocycles. The van der Waals surface area contributed by atoms with E-state index in [1.165, 1.54) is 37.9 Å². The summed E-state index contributed by atoms with van der Waals surface area (Å²) in [7, 11) is 1.37. The third-order valence-electron chi connectivity index (χ3n) is 4.75. The number of hydrogen-bond donors (Lipinski definition) is 1. The van der Waals surface area contributed by atoms with Gasteiger partial charge in [0, 0.05) is 24.4 Å². The van der Waals surface area contributed by atoms with Crippen molar-refractivity contribution in [3.63, 3.8) is 0 Å². The van der Waals surface area contributed by atoms with Gasteiger partial charge in [-0.2, -0.15) is 0 Å². The summed E-state index contributed by atoms with van der Waals surface area (Å²) >= 11 is 0. The van der Waals surface area contributed by atoms with Gasteiger partial charge in [-0.3, -0.25) is 14.7 Å². The summed E-state index contributed by atoms with van der Waals surface area (Å²) in [5, 5.41) is 0. The Bertz CT molecular complexity index is 1120. The molecule has 1 aliphatic heterocycles. The maximum absolute atomic E-state index is 15.0. The van der Waals surface area contributed by atoms with Crippen LogP contribution in [0.25, 0.3) is 11.3 Å². The lowest BCUT2D eigenvalue weighted by molar-refractivity contribution is -0.129. The Labute approximate surface area is 162 Å². The fourth-order valence-corrected chi connectivity index (χ4v) is 3.27. The summed E-state index contributed by atoms with van der Waals surface area (Å²) in [6, 6.07) is 6.34. The molecule has 2 aromatic heterocycles. The van der Waals surface area contributed by atoms with E-state index in [1.54, 1.807) is 0 Å². The smallest absolute Gasteiger partial charge is 0.280 e. The molecule has 1 aliphatic rings. The number of amides is 1. The molecule has 1 atom stereocenters. The molecule has 148 valence electrons. The summed E-state index contributed by atoms with van der Waals surface area (Å²) in [5.74, 6) is -1.61. The summed E-state index contributed by atoms with van der Waals surface area (Å²) in [4.78, 5) is 26.1. The minimum Gasteiger partial charge on any atom is -0.451 e. The molecule has 2 N–H and O–H groups in total. The SMILES string of the molecule is CN1C(=O)C(c2ccnc(C(F)F)c2)(c2cc(-c3cocn3)ccc2F)N=C1N. The van der Waals surface area contributed by atoms with E-state index >= 15 is 0 Å². The summed E-state index contributed by atoms with van der Waals surface area (Å²) < 4.78 is 46.4. The van der Waals surface area contributed by atoms with Crippen molar-refractivity contribution in [3.05, 3.63) is 71.8 Å². The average molecular weight is 401 g/mol. The van der Waals surface area contributed by atoms with E-state index in [-0.39, 0.29) is 17.1 Å². The van der Waals surface area contributed by atoms with E-state index in [1.807, 2.05) is 0 Å². The van der Waals surface area contributed by atoms with E-state index < -0.39 is 29.4 Å². The Hall–Kier alpha value is -3.69. The van der Waals surface area contributed by atoms with E-state index in [9.17, 15) is 18.0 Å². The Morgan fingerprint density at radius 2 is 2.00 bits per heavy atom. The molecule has 0 saturated carbocycles. The topological polar surface area (TPSA) is 97.6 Å². The first-order chi connectivity index (χ1) is 13.8. The molecule has 0 bridgehead atoms. The number of aliphatic imine (C=N–C) groups is 1. The quantitative estimate of drug-likeness (QED) is 0.725. The fourth-order valence-electron chi connectivity index (χ4n) is 3.27. The number of guanidine groups is 1. The second kappa shape index (κ2) is 6.73. The number of benzene rings is 1. The highest BCUT2D eigenvalue weighted by Gasteiger charge is 2.51. The second-order valence-corrected chi connectivity index (χ2v) is 6.38. The maximum Gasteiger partial charge on any atom is 0.280 e. The summed E-state index contributed by atoms with van der Waals surface area (Å²) in [6.45, 7) is 0. The lowest BCUT2D eigenvalue weighted by Crippen LogP contribution is -2.41. The number of carbonyl (C=O) groups excluding carboxylic acids is 1. The third kappa shape index (κ3) is 2.84. The third-order valence-corrected chi connectivity index (χ3v) is 4.75. The highest BCUT2D eigenvalue weighted by Crippen LogP contribution is 2.42. The number of rotatable bonds is 4. The van der Waals surface area contributed by atoms with Crippen LogP contribution in [0.1, 0.15) is 23.2 Å². The second-order valence-electron chi connectivity index (χ2n) is 6.38. The van der Waals surface area contributed by atoms with E-state index in [4.69, 9.17) is 10.2 Å². The number of carbonyl (C=O) groups is 1. The number of halogens is 3. The van der Waals surface area contributed by atoms with Gasteiger partial charge in [0.25, 0.3) is 12.3 Å². The van der Waals surface area contributed by atoms with Gasteiger partial charge in [0.2, 0.25) is 0 Å². The van der Waals surface area contributed by atoms with Crippen LogP contribution in [0.5, 0.6) is 0 Å². The van der Waals surface area contributed by atoms with E-state index in [2.05, 4.69) is 15.0 Å². The molecule has 0 fully saturated rings. The number of pyridine rings is 1. The van der Waals surface area contributed by atoms with Gasteiger partial charge >= 0.3 is 0 Å². The van der Waals surface area contributed by atoms with Crippen molar-refractivity contribution < 1.29 is 22.4 Å². The molecule has 7 nitrogen and oxygen atoms in total. The normalized spacial score (nSPS) is 19.1. The van der Waals surface area contributed by atoms with E-state index in [0.717, 1.165) is 23.2 Å². The molecule has 29 heavy (non-hydrogen) atoms. The number of nitrogens with zero attached hydrogens (tertiary/aromatic N) is 4. The van der Waals surface area contributed by atoms with Crippen molar-refractivity contribution in [2.75, 3.05) is 7.05 Å². The van der Waals surface area contributed by atoms with Crippen molar-refractivity contribution in [1.82, 2.24) is 14.9 Å². The monoisotopic (exact) mass is 401 g/mol. The van der Waals surface area contributed by atoms with Crippen LogP contribution in [-0.2, 0) is 10.3 Å². The predicted molar refractivity (Wildman–Crippen MR) is 96.3 cm³/mol. The predicted octanol–water partition coefficient (Wildman–Crippen LogP) is 2.84. The van der Waals surface area contributed by atoms with Crippen molar-refractivity contribution in [2.24, 2.45) is 10.7 Å². The largest absolute Gasteiger partial charge is 0.451 e. The van der Waals surface area contributed by atoms with Crippen LogP contribution in [0.4, 0.5) is 13.2 Å². The average Bonchev–Trinajstić information content (AvgIpc) is 3.33. The molecule has 1 amide bonds. The van der Waals surface area contributed by atoms with Gasteiger partial charge in [-0.1, -0.05) is 0 Å². The fraction of sp³-hybridized carbons (Fsp3) is 0.158. The van der Waals surface area contributed by atoms with Crippen LogP contribution in [0.2, 0.25) is 0 Å². The van der Waals surface area contributed by atoms with Gasteiger partial charge in [0.1, 0.15) is 23.5 Å². The lowest BCUT2D eigenvalue weighted by Gasteiger charge is -2.27. The summed E-state index contributed by atoms with van der Waals surface area (Å²) in [6.07, 6.45) is 0.797. The van der Waals surface area contributed by atoms with Gasteiger partial charge in [-0.15, -0.1) is 0 Å². The highest BCUT2D eigenvalue weighted by molar-refractivity contribution is 6.09. The number of hydrogen-bond acceptors (Lipinski definition) is 6. The number of likely N-dealkylation sites (N-methyl/N-ethyl adjacent to an activating group) is 1. The molecule has 0 radical (unpaired) electrons. The zero-order chi connectivity index (χ0) is 20.8. The van der Waals surface area contributed by atoms with Crippen LogP contribution >= 0.6 is 0 Å². The zero-order valence-corrected chi connectivity index (χ0v) is 15.0. The molecule has 0 spiro atoms. The Balaban J connectivity index is 2.00. The number of nitrogens with two attached hydrogens (primary N) is 1. The Morgan fingerprint density at radius 1 is 1.21 bits per heavy atom. The van der Waals surface area contributed by atoms with Crippen molar-refractivity contribution in [1.29, 1.82) is 0 Å². The lowest BCUT2D eigenvalue weighted by atomic mass is 9.81. The molecular weight excluding hydrogens is 387 g/mol. The molecule has 0 aliphatic carbocycles. The molecule has 0 saturated heterocycles. The molecule has 1 unspecified atom stereocenters. The minimum absolute atomic E-state index is 0.0244. The van der Waals surface area contributed by atoms with Crippen molar-refractivity contribution in [2.45, 2.75) is 12.0 Å².